The molecule has 6 nitrogen and oxygen atoms in total. The van der Waals surface area contributed by atoms with Crippen molar-refractivity contribution in [1.29, 1.82) is 0 Å². The molecule has 0 bridgehead atoms. The molecule has 0 saturated carbocycles. The van der Waals surface area contributed by atoms with Crippen molar-refractivity contribution in [3.8, 4) is 5.75 Å². The quantitative estimate of drug-likeness (QED) is 0.290. The van der Waals surface area contributed by atoms with Crippen LogP contribution in [0.15, 0.2) is 54.6 Å². The molecule has 0 aromatic heterocycles. The Kier molecular flexibility index (Phi) is 11.7. The van der Waals surface area contributed by atoms with Crippen molar-refractivity contribution in [2.45, 2.75) is 77.4 Å². The van der Waals surface area contributed by atoms with E-state index in [0.717, 1.165) is 36.7 Å². The van der Waals surface area contributed by atoms with Gasteiger partial charge in [0.15, 0.2) is 0 Å². The van der Waals surface area contributed by atoms with Crippen LogP contribution in [0.5, 0.6) is 5.75 Å². The largest absolute Gasteiger partial charge is 0.488 e. The fourth-order valence-electron chi connectivity index (χ4n) is 5.14. The van der Waals surface area contributed by atoms with E-state index in [-0.39, 0.29) is 5.60 Å². The SMILES string of the molecule is CC(C)(C)Oc1ccccc1CN(CCCCCCN1CCC(c2ccccc2)CC1)CCNC(=O)O. The van der Waals surface area contributed by atoms with Crippen LogP contribution in [0.1, 0.15) is 76.3 Å². The van der Waals surface area contributed by atoms with Gasteiger partial charge in [0.1, 0.15) is 11.4 Å². The van der Waals surface area contributed by atoms with E-state index in [2.05, 4.69) is 72.3 Å². The van der Waals surface area contributed by atoms with Crippen molar-refractivity contribution in [2.75, 3.05) is 39.3 Å². The van der Waals surface area contributed by atoms with Crippen LogP contribution in [0, 0.1) is 0 Å². The van der Waals surface area contributed by atoms with E-state index in [0.29, 0.717) is 13.1 Å². The highest BCUT2D eigenvalue weighted by Crippen LogP contribution is 2.28. The molecule has 1 saturated heterocycles. The third-order valence-electron chi connectivity index (χ3n) is 7.04. The van der Waals surface area contributed by atoms with Crippen LogP contribution >= 0.6 is 0 Å². The first kappa shape index (κ1) is 29.0. The molecule has 37 heavy (non-hydrogen) atoms. The van der Waals surface area contributed by atoms with Crippen LogP contribution in [0.3, 0.4) is 0 Å². The van der Waals surface area contributed by atoms with E-state index in [1.54, 1.807) is 0 Å². The van der Waals surface area contributed by atoms with Crippen molar-refractivity contribution in [3.63, 3.8) is 0 Å². The number of carboxylic acid groups (broad SMARTS) is 1. The summed E-state index contributed by atoms with van der Waals surface area (Å²) in [5.74, 6) is 1.63. The van der Waals surface area contributed by atoms with Gasteiger partial charge in [-0.2, -0.15) is 0 Å². The highest BCUT2D eigenvalue weighted by molar-refractivity contribution is 5.64. The van der Waals surface area contributed by atoms with Gasteiger partial charge in [0, 0.05) is 25.2 Å². The maximum atomic E-state index is 10.9. The Hall–Kier alpha value is -2.57. The molecule has 1 aliphatic rings. The Morgan fingerprint density at radius 1 is 0.973 bits per heavy atom. The molecule has 3 rings (SSSR count). The van der Waals surface area contributed by atoms with Gasteiger partial charge in [0.05, 0.1) is 0 Å². The summed E-state index contributed by atoms with van der Waals surface area (Å²) in [6, 6.07) is 19.1. The van der Waals surface area contributed by atoms with Crippen LogP contribution in [-0.2, 0) is 6.54 Å². The second-order valence-corrected chi connectivity index (χ2v) is 11.3. The summed E-state index contributed by atoms with van der Waals surface area (Å²) in [6.45, 7) is 12.6. The number of para-hydroxylation sites is 1. The zero-order valence-electron chi connectivity index (χ0n) is 23.1. The van der Waals surface area contributed by atoms with Crippen LogP contribution in [0.25, 0.3) is 0 Å². The average Bonchev–Trinajstić information content (AvgIpc) is 2.87. The van der Waals surface area contributed by atoms with Crippen LogP contribution in [-0.4, -0.2) is 65.9 Å². The predicted molar refractivity (Wildman–Crippen MR) is 151 cm³/mol. The number of piperidine rings is 1. The van der Waals surface area contributed by atoms with Crippen molar-refractivity contribution < 1.29 is 14.6 Å². The van der Waals surface area contributed by atoms with E-state index >= 15 is 0 Å². The maximum Gasteiger partial charge on any atom is 0.404 e. The summed E-state index contributed by atoms with van der Waals surface area (Å²) in [4.78, 5) is 15.9. The molecular formula is C31H47N3O3. The maximum absolute atomic E-state index is 10.9. The van der Waals surface area contributed by atoms with E-state index in [1.165, 1.54) is 57.3 Å². The molecule has 1 fully saturated rings. The monoisotopic (exact) mass is 509 g/mol. The molecule has 1 aliphatic heterocycles. The Morgan fingerprint density at radius 3 is 2.35 bits per heavy atom. The number of hydrogen-bond donors (Lipinski definition) is 2. The molecule has 6 heteroatoms. The highest BCUT2D eigenvalue weighted by atomic mass is 16.5. The number of benzene rings is 2. The summed E-state index contributed by atoms with van der Waals surface area (Å²) >= 11 is 0. The number of rotatable bonds is 14. The summed E-state index contributed by atoms with van der Waals surface area (Å²) in [5.41, 5.74) is 2.38. The smallest absolute Gasteiger partial charge is 0.404 e. The lowest BCUT2D eigenvalue weighted by Crippen LogP contribution is -2.35. The molecule has 1 amide bonds. The number of likely N-dealkylation sites (tertiary alicyclic amines) is 1. The standard InChI is InChI=1S/C31H47N3O3/c1-31(2,3)37-29-16-10-9-15-28(29)25-34(24-19-32-30(35)36)21-12-5-4-11-20-33-22-17-27(18-23-33)26-13-7-6-8-14-26/h6-10,13-16,27,32H,4-5,11-12,17-25H2,1-3H3,(H,35,36). The van der Waals surface area contributed by atoms with Crippen molar-refractivity contribution in [3.05, 3.63) is 65.7 Å². The van der Waals surface area contributed by atoms with Gasteiger partial charge in [-0.05, 0) is 90.2 Å². The zero-order chi connectivity index (χ0) is 26.5. The van der Waals surface area contributed by atoms with Gasteiger partial charge in [-0.1, -0.05) is 61.4 Å². The summed E-state index contributed by atoms with van der Waals surface area (Å²) < 4.78 is 6.18. The molecule has 2 aromatic carbocycles. The van der Waals surface area contributed by atoms with Crippen LogP contribution in [0.4, 0.5) is 4.79 Å². The van der Waals surface area contributed by atoms with E-state index in [4.69, 9.17) is 9.84 Å². The van der Waals surface area contributed by atoms with Gasteiger partial charge < -0.3 is 20.1 Å². The fourth-order valence-corrected chi connectivity index (χ4v) is 5.14. The van der Waals surface area contributed by atoms with Gasteiger partial charge in [-0.25, -0.2) is 4.79 Å². The number of ether oxygens (including phenoxy) is 1. The number of amides is 1. The Labute approximate surface area is 224 Å². The number of nitrogens with one attached hydrogen (secondary N) is 1. The lowest BCUT2D eigenvalue weighted by Gasteiger charge is -2.32. The van der Waals surface area contributed by atoms with Gasteiger partial charge in [-0.15, -0.1) is 0 Å². The average molecular weight is 510 g/mol. The van der Waals surface area contributed by atoms with Gasteiger partial charge >= 0.3 is 6.09 Å². The molecule has 0 radical (unpaired) electrons. The summed E-state index contributed by atoms with van der Waals surface area (Å²) in [7, 11) is 0. The first-order valence-corrected chi connectivity index (χ1v) is 14.0. The number of carbonyl (C=O) groups is 1. The summed E-state index contributed by atoms with van der Waals surface area (Å²) in [5, 5.41) is 11.5. The number of unbranched alkanes of at least 4 members (excludes halogenated alkanes) is 3. The summed E-state index contributed by atoms with van der Waals surface area (Å²) in [6.07, 6.45) is 6.37. The van der Waals surface area contributed by atoms with Gasteiger partial charge in [0.25, 0.3) is 0 Å². The van der Waals surface area contributed by atoms with Crippen LogP contribution in [0.2, 0.25) is 0 Å². The molecule has 1 heterocycles. The third kappa shape index (κ3) is 11.1. The number of nitrogens with zero attached hydrogens (tertiary/aromatic N) is 2. The molecule has 0 aliphatic carbocycles. The minimum absolute atomic E-state index is 0.261. The third-order valence-corrected chi connectivity index (χ3v) is 7.04. The molecule has 204 valence electrons. The Morgan fingerprint density at radius 2 is 1.65 bits per heavy atom. The Balaban J connectivity index is 1.38. The minimum Gasteiger partial charge on any atom is -0.488 e. The van der Waals surface area contributed by atoms with E-state index in [1.807, 2.05) is 18.2 Å². The molecule has 0 atom stereocenters. The lowest BCUT2D eigenvalue weighted by atomic mass is 9.89. The van der Waals surface area contributed by atoms with Gasteiger partial charge in [0.2, 0.25) is 0 Å². The fraction of sp³-hybridized carbons (Fsp3) is 0.581. The van der Waals surface area contributed by atoms with Crippen LogP contribution < -0.4 is 10.1 Å². The molecule has 0 spiro atoms. The molecular weight excluding hydrogens is 462 g/mol. The topological polar surface area (TPSA) is 65.0 Å². The zero-order valence-corrected chi connectivity index (χ0v) is 23.1. The van der Waals surface area contributed by atoms with Crippen molar-refractivity contribution in [1.82, 2.24) is 15.1 Å². The molecule has 2 N–H and O–H groups in total. The predicted octanol–water partition coefficient (Wildman–Crippen LogP) is 6.37. The minimum atomic E-state index is -0.968. The Bertz CT molecular complexity index is 921. The second kappa shape index (κ2) is 15.0. The highest BCUT2D eigenvalue weighted by Gasteiger charge is 2.20. The van der Waals surface area contributed by atoms with Crippen molar-refractivity contribution in [2.24, 2.45) is 0 Å². The first-order chi connectivity index (χ1) is 17.8. The van der Waals surface area contributed by atoms with Gasteiger partial charge in [-0.3, -0.25) is 4.90 Å². The van der Waals surface area contributed by atoms with E-state index < -0.39 is 6.09 Å². The number of hydrogen-bond acceptors (Lipinski definition) is 4. The normalized spacial score (nSPS) is 15.1. The second-order valence-electron chi connectivity index (χ2n) is 11.3. The molecule has 0 unspecified atom stereocenters. The van der Waals surface area contributed by atoms with E-state index in [9.17, 15) is 4.79 Å². The first-order valence-electron chi connectivity index (χ1n) is 14.0. The van der Waals surface area contributed by atoms with Crippen molar-refractivity contribution >= 4 is 6.09 Å². The lowest BCUT2D eigenvalue weighted by molar-refractivity contribution is 0.127. The molecule has 2 aromatic rings.